The molecule has 0 aliphatic carbocycles. The van der Waals surface area contributed by atoms with Gasteiger partial charge in [-0.25, -0.2) is 15.0 Å². The summed E-state index contributed by atoms with van der Waals surface area (Å²) in [5.74, 6) is 0.209. The largest absolute Gasteiger partial charge is 0.790 e. The van der Waals surface area contributed by atoms with Crippen molar-refractivity contribution in [2.45, 2.75) is 24.9 Å². The number of rotatable bonds is 4. The van der Waals surface area contributed by atoms with Gasteiger partial charge in [0.25, 0.3) is 0 Å². The normalized spacial score (nSPS) is 25.9. The van der Waals surface area contributed by atoms with Gasteiger partial charge in [-0.1, -0.05) is 0 Å². The van der Waals surface area contributed by atoms with E-state index in [1.807, 2.05) is 0 Å². The molecule has 11 nitrogen and oxygen atoms in total. The average Bonchev–Trinajstić information content (AvgIpc) is 3.00. The van der Waals surface area contributed by atoms with Crippen LogP contribution in [-0.2, 0) is 13.8 Å². The first kappa shape index (κ1) is 15.3. The number of anilines is 1. The SMILES string of the molecule is Nc1ncnc2c1ncn2[C@H]1C[C@@H](O)[C@@H](COP(=O)([O-])[O-])O1. The molecule has 1 saturated heterocycles. The summed E-state index contributed by atoms with van der Waals surface area (Å²) in [5, 5.41) is 9.89. The predicted octanol–water partition coefficient (Wildman–Crippen LogP) is -2.10. The molecule has 3 N–H and O–H groups in total. The van der Waals surface area contributed by atoms with Crippen molar-refractivity contribution in [1.29, 1.82) is 0 Å². The van der Waals surface area contributed by atoms with Crippen molar-refractivity contribution in [3.63, 3.8) is 0 Å². The fourth-order valence-corrected chi connectivity index (χ4v) is 2.61. The fourth-order valence-electron chi connectivity index (χ4n) is 2.28. The molecule has 12 heteroatoms. The molecule has 0 spiro atoms. The molecule has 1 fully saturated rings. The van der Waals surface area contributed by atoms with Crippen LogP contribution in [0.4, 0.5) is 5.82 Å². The van der Waals surface area contributed by atoms with Gasteiger partial charge in [-0.3, -0.25) is 4.57 Å². The summed E-state index contributed by atoms with van der Waals surface area (Å²) in [5.41, 5.74) is 6.49. The van der Waals surface area contributed by atoms with E-state index < -0.39 is 32.9 Å². The van der Waals surface area contributed by atoms with E-state index in [-0.39, 0.29) is 12.2 Å². The second-order valence-electron chi connectivity index (χ2n) is 4.76. The summed E-state index contributed by atoms with van der Waals surface area (Å²) in [6.45, 7) is -0.550. The number of aliphatic hydroxyl groups is 1. The van der Waals surface area contributed by atoms with Gasteiger partial charge in [0.2, 0.25) is 0 Å². The molecule has 0 amide bonds. The Morgan fingerprint density at radius 3 is 3.00 bits per heavy atom. The van der Waals surface area contributed by atoms with Crippen LogP contribution in [0.15, 0.2) is 12.7 Å². The number of nitrogens with zero attached hydrogens (tertiary/aromatic N) is 4. The number of ether oxygens (including phenoxy) is 1. The van der Waals surface area contributed by atoms with Crippen LogP contribution in [0, 0.1) is 0 Å². The van der Waals surface area contributed by atoms with Crippen LogP contribution in [0.1, 0.15) is 12.6 Å². The van der Waals surface area contributed by atoms with Crippen LogP contribution in [0.3, 0.4) is 0 Å². The van der Waals surface area contributed by atoms with Crippen LogP contribution < -0.4 is 15.5 Å². The predicted molar refractivity (Wildman–Crippen MR) is 67.8 cm³/mol. The van der Waals surface area contributed by atoms with E-state index in [0.717, 1.165) is 0 Å². The summed E-state index contributed by atoms with van der Waals surface area (Å²) in [7, 11) is -5.12. The lowest BCUT2D eigenvalue weighted by Gasteiger charge is -2.30. The van der Waals surface area contributed by atoms with E-state index in [4.69, 9.17) is 10.5 Å². The van der Waals surface area contributed by atoms with Crippen LogP contribution in [0.5, 0.6) is 0 Å². The van der Waals surface area contributed by atoms with Crippen molar-refractivity contribution in [3.05, 3.63) is 12.7 Å². The van der Waals surface area contributed by atoms with Gasteiger partial charge in [0.05, 0.1) is 26.9 Å². The summed E-state index contributed by atoms with van der Waals surface area (Å²) in [6, 6.07) is 0. The first-order valence-electron chi connectivity index (χ1n) is 6.28. The number of aromatic nitrogens is 4. The molecule has 3 atom stereocenters. The van der Waals surface area contributed by atoms with Crippen molar-refractivity contribution in [2.24, 2.45) is 0 Å². The monoisotopic (exact) mass is 329 g/mol. The highest BCUT2D eigenvalue weighted by Gasteiger charge is 2.36. The van der Waals surface area contributed by atoms with Crippen molar-refractivity contribution < 1.29 is 28.7 Å². The van der Waals surface area contributed by atoms with Crippen molar-refractivity contribution in [3.8, 4) is 0 Å². The van der Waals surface area contributed by atoms with E-state index in [0.29, 0.717) is 11.2 Å². The molecule has 0 saturated carbocycles. The third-order valence-electron chi connectivity index (χ3n) is 3.30. The number of nitrogens with two attached hydrogens (primary N) is 1. The highest BCUT2D eigenvalue weighted by atomic mass is 31.2. The fraction of sp³-hybridized carbons (Fsp3) is 0.500. The first-order valence-corrected chi connectivity index (χ1v) is 7.74. The number of phosphoric ester groups is 1. The maximum atomic E-state index is 10.5. The zero-order chi connectivity index (χ0) is 15.9. The number of nitrogen functional groups attached to an aromatic ring is 1. The highest BCUT2D eigenvalue weighted by Crippen LogP contribution is 2.34. The van der Waals surface area contributed by atoms with Crippen LogP contribution >= 0.6 is 7.82 Å². The second-order valence-corrected chi connectivity index (χ2v) is 5.91. The van der Waals surface area contributed by atoms with Crippen LogP contribution in [0.25, 0.3) is 11.2 Å². The molecule has 3 rings (SSSR count). The standard InChI is InChI=1S/C10H14N5O6P/c11-9-8-10(13-3-12-9)15(4-14-8)7-1-5(16)6(21-7)2-20-22(17,18)19/h3-7,16H,1-2H2,(H2,11,12,13)(H2,17,18,19)/p-2/t5-,6-,7-/m1/s1. The number of imidazole rings is 1. The first-order chi connectivity index (χ1) is 10.3. The van der Waals surface area contributed by atoms with Gasteiger partial charge < -0.3 is 34.5 Å². The summed E-state index contributed by atoms with van der Waals surface area (Å²) in [4.78, 5) is 32.9. The number of fused-ring (bicyclic) bond motifs is 1. The van der Waals surface area contributed by atoms with Crippen molar-refractivity contribution in [1.82, 2.24) is 19.5 Å². The zero-order valence-electron chi connectivity index (χ0n) is 11.1. The van der Waals surface area contributed by atoms with Crippen LogP contribution in [0.2, 0.25) is 0 Å². The Bertz CT molecular complexity index is 732. The van der Waals surface area contributed by atoms with E-state index >= 15 is 0 Å². The van der Waals surface area contributed by atoms with Gasteiger partial charge in [-0.15, -0.1) is 0 Å². The molecule has 1 aliphatic rings. The lowest BCUT2D eigenvalue weighted by molar-refractivity contribution is -0.343. The minimum atomic E-state index is -5.12. The Kier molecular flexibility index (Phi) is 3.85. The molecular weight excluding hydrogens is 317 g/mol. The highest BCUT2D eigenvalue weighted by molar-refractivity contribution is 7.43. The molecule has 2 aromatic heterocycles. The van der Waals surface area contributed by atoms with E-state index in [1.54, 1.807) is 4.57 Å². The zero-order valence-corrected chi connectivity index (χ0v) is 12.0. The molecule has 0 aromatic carbocycles. The molecule has 3 heterocycles. The molecule has 1 aliphatic heterocycles. The number of hydrogen-bond acceptors (Lipinski definition) is 10. The Balaban J connectivity index is 1.78. The topological polar surface area (TPSA) is 172 Å². The van der Waals surface area contributed by atoms with Crippen molar-refractivity contribution in [2.75, 3.05) is 12.3 Å². The van der Waals surface area contributed by atoms with Gasteiger partial charge in [0.1, 0.15) is 24.2 Å². The Morgan fingerprint density at radius 1 is 1.50 bits per heavy atom. The Morgan fingerprint density at radius 2 is 2.27 bits per heavy atom. The third-order valence-corrected chi connectivity index (χ3v) is 3.76. The molecule has 120 valence electrons. The van der Waals surface area contributed by atoms with Gasteiger partial charge in [-0.05, 0) is 0 Å². The van der Waals surface area contributed by atoms with Gasteiger partial charge >= 0.3 is 0 Å². The minimum absolute atomic E-state index is 0.158. The lowest BCUT2D eigenvalue weighted by Crippen LogP contribution is -2.29. The van der Waals surface area contributed by atoms with Gasteiger partial charge in [0.15, 0.2) is 11.5 Å². The smallest absolute Gasteiger partial charge is 0.167 e. The van der Waals surface area contributed by atoms with Gasteiger partial charge in [0, 0.05) is 6.42 Å². The second kappa shape index (κ2) is 5.54. The number of phosphoric acid groups is 1. The van der Waals surface area contributed by atoms with E-state index in [9.17, 15) is 19.5 Å². The summed E-state index contributed by atoms with van der Waals surface area (Å²) >= 11 is 0. The quantitative estimate of drug-likeness (QED) is 0.592. The molecule has 0 unspecified atom stereocenters. The van der Waals surface area contributed by atoms with Crippen LogP contribution in [-0.4, -0.2) is 43.4 Å². The number of hydrogen-bond donors (Lipinski definition) is 2. The van der Waals surface area contributed by atoms with Gasteiger partial charge in [-0.2, -0.15) is 0 Å². The van der Waals surface area contributed by atoms with E-state index in [1.165, 1.54) is 12.7 Å². The molecular formula is C10H12N5O6P-2. The minimum Gasteiger partial charge on any atom is -0.790 e. The summed E-state index contributed by atoms with van der Waals surface area (Å²) in [6.07, 6.45) is 0.285. The summed E-state index contributed by atoms with van der Waals surface area (Å²) < 4.78 is 21.7. The maximum Gasteiger partial charge on any atom is 0.167 e. The maximum absolute atomic E-state index is 10.5. The number of aliphatic hydroxyl groups excluding tert-OH is 1. The average molecular weight is 329 g/mol. The lowest BCUT2D eigenvalue weighted by atomic mass is 10.2. The Hall–Kier alpha value is -1.62. The third kappa shape index (κ3) is 2.95. The molecule has 22 heavy (non-hydrogen) atoms. The van der Waals surface area contributed by atoms with Crippen molar-refractivity contribution >= 4 is 24.8 Å². The molecule has 0 radical (unpaired) electrons. The molecule has 0 bridgehead atoms. The molecule has 2 aromatic rings. The Labute approximate surface area is 124 Å². The van der Waals surface area contributed by atoms with E-state index in [2.05, 4.69) is 19.5 Å².